The fourth-order valence-corrected chi connectivity index (χ4v) is 3.26. The van der Waals surface area contributed by atoms with Gasteiger partial charge in [0.25, 0.3) is 0 Å². The first-order valence-electron chi connectivity index (χ1n) is 8.29. The maximum atomic E-state index is 14.2. The quantitative estimate of drug-likeness (QED) is 0.800. The molecule has 0 fully saturated rings. The van der Waals surface area contributed by atoms with Crippen molar-refractivity contribution in [1.82, 2.24) is 5.32 Å². The van der Waals surface area contributed by atoms with Crippen LogP contribution in [-0.4, -0.2) is 25.7 Å². The van der Waals surface area contributed by atoms with E-state index in [1.807, 2.05) is 0 Å². The van der Waals surface area contributed by atoms with E-state index in [2.05, 4.69) is 5.32 Å². The van der Waals surface area contributed by atoms with Gasteiger partial charge in [0.15, 0.2) is 18.2 Å². The Kier molecular flexibility index (Phi) is 5.74. The van der Waals surface area contributed by atoms with E-state index in [0.29, 0.717) is 40.4 Å². The van der Waals surface area contributed by atoms with Crippen molar-refractivity contribution in [1.29, 1.82) is 0 Å². The molecule has 1 N–H and O–H groups in total. The van der Waals surface area contributed by atoms with Crippen molar-refractivity contribution in [3.8, 4) is 5.75 Å². The molecular formula is C19H18ClF2NO3. The Hall–Kier alpha value is -2.18. The van der Waals surface area contributed by atoms with Gasteiger partial charge in [-0.05, 0) is 48.7 Å². The molecular weight excluding hydrogens is 364 g/mol. The Morgan fingerprint density at radius 1 is 1.27 bits per heavy atom. The Morgan fingerprint density at radius 3 is 2.85 bits per heavy atom. The highest BCUT2D eigenvalue weighted by Crippen LogP contribution is 2.37. The van der Waals surface area contributed by atoms with Crippen LogP contribution in [0.25, 0.3) is 0 Å². The van der Waals surface area contributed by atoms with Crippen LogP contribution in [0.3, 0.4) is 0 Å². The van der Waals surface area contributed by atoms with E-state index in [9.17, 15) is 13.6 Å². The van der Waals surface area contributed by atoms with E-state index in [1.54, 1.807) is 31.2 Å². The zero-order chi connectivity index (χ0) is 18.7. The summed E-state index contributed by atoms with van der Waals surface area (Å²) in [5.41, 5.74) is 1.61. The molecule has 138 valence electrons. The zero-order valence-electron chi connectivity index (χ0n) is 14.2. The van der Waals surface area contributed by atoms with Gasteiger partial charge < -0.3 is 14.8 Å². The second kappa shape index (κ2) is 8.01. The summed E-state index contributed by atoms with van der Waals surface area (Å²) < 4.78 is 38.2. The first-order chi connectivity index (χ1) is 12.5. The van der Waals surface area contributed by atoms with Crippen molar-refractivity contribution in [3.05, 3.63) is 63.7 Å². The van der Waals surface area contributed by atoms with E-state index in [0.717, 1.165) is 6.07 Å². The van der Waals surface area contributed by atoms with Crippen LogP contribution in [0.4, 0.5) is 8.78 Å². The number of hydrogen-bond acceptors (Lipinski definition) is 4. The minimum atomic E-state index is -0.866. The van der Waals surface area contributed by atoms with Crippen molar-refractivity contribution in [2.24, 2.45) is 0 Å². The van der Waals surface area contributed by atoms with Crippen LogP contribution < -0.4 is 10.1 Å². The van der Waals surface area contributed by atoms with Crippen LogP contribution in [-0.2, 0) is 16.0 Å². The highest BCUT2D eigenvalue weighted by atomic mass is 35.5. The molecule has 0 saturated carbocycles. The van der Waals surface area contributed by atoms with Gasteiger partial charge in [0.1, 0.15) is 5.75 Å². The molecule has 2 aromatic rings. The number of rotatable bonds is 5. The molecule has 0 aliphatic carbocycles. The van der Waals surface area contributed by atoms with Gasteiger partial charge in [-0.1, -0.05) is 17.7 Å². The molecule has 0 radical (unpaired) electrons. The summed E-state index contributed by atoms with van der Waals surface area (Å²) in [5, 5.41) is 3.75. The number of carbonyl (C=O) groups is 1. The Labute approximate surface area is 155 Å². The van der Waals surface area contributed by atoms with Gasteiger partial charge in [-0.15, -0.1) is 0 Å². The van der Waals surface area contributed by atoms with Gasteiger partial charge in [0.2, 0.25) is 0 Å². The molecule has 0 spiro atoms. The highest BCUT2D eigenvalue weighted by molar-refractivity contribution is 6.30. The third kappa shape index (κ3) is 3.81. The molecule has 2 aromatic carbocycles. The smallest absolute Gasteiger partial charge is 0.344 e. The van der Waals surface area contributed by atoms with Crippen LogP contribution in [0.1, 0.15) is 29.7 Å². The van der Waals surface area contributed by atoms with Crippen LogP contribution in [0.2, 0.25) is 5.02 Å². The second-order valence-corrected chi connectivity index (χ2v) is 6.28. The van der Waals surface area contributed by atoms with Gasteiger partial charge in [-0.2, -0.15) is 0 Å². The van der Waals surface area contributed by atoms with Crippen molar-refractivity contribution in [3.63, 3.8) is 0 Å². The summed E-state index contributed by atoms with van der Waals surface area (Å²) >= 11 is 6.12. The lowest BCUT2D eigenvalue weighted by Gasteiger charge is -2.29. The Morgan fingerprint density at radius 2 is 2.08 bits per heavy atom. The first kappa shape index (κ1) is 18.6. The van der Waals surface area contributed by atoms with E-state index in [1.165, 1.54) is 0 Å². The lowest BCUT2D eigenvalue weighted by Crippen LogP contribution is -2.32. The number of esters is 1. The predicted octanol–water partition coefficient (Wildman–Crippen LogP) is 3.80. The lowest BCUT2D eigenvalue weighted by atomic mass is 9.89. The number of fused-ring (bicyclic) bond motifs is 1. The first-order valence-corrected chi connectivity index (χ1v) is 8.67. The normalized spacial score (nSPS) is 16.1. The molecule has 1 atom stereocenters. The van der Waals surface area contributed by atoms with Gasteiger partial charge in [-0.3, -0.25) is 0 Å². The third-order valence-corrected chi connectivity index (χ3v) is 4.44. The van der Waals surface area contributed by atoms with Gasteiger partial charge in [0, 0.05) is 17.1 Å². The fraction of sp³-hybridized carbons (Fsp3) is 0.316. The highest BCUT2D eigenvalue weighted by Gasteiger charge is 2.27. The lowest BCUT2D eigenvalue weighted by molar-refractivity contribution is -0.145. The zero-order valence-corrected chi connectivity index (χ0v) is 14.9. The molecule has 1 aliphatic rings. The molecule has 4 nitrogen and oxygen atoms in total. The van der Waals surface area contributed by atoms with Gasteiger partial charge in [-0.25, -0.2) is 13.6 Å². The van der Waals surface area contributed by atoms with E-state index in [4.69, 9.17) is 21.1 Å². The van der Waals surface area contributed by atoms with Crippen LogP contribution in [0.15, 0.2) is 30.3 Å². The minimum Gasteiger partial charge on any atom is -0.482 e. The molecule has 1 aliphatic heterocycles. The minimum absolute atomic E-state index is 0.250. The largest absolute Gasteiger partial charge is 0.482 e. The molecule has 0 bridgehead atoms. The monoisotopic (exact) mass is 381 g/mol. The molecule has 0 amide bonds. The molecule has 7 heteroatoms. The molecule has 26 heavy (non-hydrogen) atoms. The van der Waals surface area contributed by atoms with E-state index >= 15 is 0 Å². The average Bonchev–Trinajstić information content (AvgIpc) is 2.63. The fourth-order valence-electron chi connectivity index (χ4n) is 3.08. The predicted molar refractivity (Wildman–Crippen MR) is 93.5 cm³/mol. The maximum absolute atomic E-state index is 14.2. The maximum Gasteiger partial charge on any atom is 0.344 e. The number of ether oxygens (including phenoxy) is 2. The number of halogens is 3. The number of carbonyl (C=O) groups excluding carboxylic acids is 1. The average molecular weight is 382 g/mol. The van der Waals surface area contributed by atoms with Crippen molar-refractivity contribution >= 4 is 17.6 Å². The topological polar surface area (TPSA) is 47.6 Å². The molecule has 1 heterocycles. The van der Waals surface area contributed by atoms with Crippen molar-refractivity contribution in [2.75, 3.05) is 19.8 Å². The van der Waals surface area contributed by atoms with Crippen LogP contribution in [0.5, 0.6) is 5.75 Å². The molecule has 0 unspecified atom stereocenters. The summed E-state index contributed by atoms with van der Waals surface area (Å²) in [6, 6.07) is 7.21. The van der Waals surface area contributed by atoms with E-state index in [-0.39, 0.29) is 13.2 Å². The van der Waals surface area contributed by atoms with Crippen molar-refractivity contribution in [2.45, 2.75) is 19.4 Å². The summed E-state index contributed by atoms with van der Waals surface area (Å²) in [6.45, 7) is 2.20. The standard InChI is InChI=1S/C19H18ClF2NO3/c1-2-25-17(24)10-26-16-6-3-11(20)9-14(16)19-13-4-5-15(21)18(22)12(13)7-8-23-19/h3-6,9,19,23H,2,7-8,10H2,1H3/t19-/m0/s1. The van der Waals surface area contributed by atoms with Gasteiger partial charge in [0.05, 0.1) is 12.6 Å². The summed E-state index contributed by atoms with van der Waals surface area (Å²) in [6.07, 6.45) is 0.384. The molecule has 0 aromatic heterocycles. The van der Waals surface area contributed by atoms with Crippen LogP contribution >= 0.6 is 11.6 Å². The number of nitrogens with one attached hydrogen (secondary N) is 1. The Balaban J connectivity index is 1.96. The summed E-state index contributed by atoms with van der Waals surface area (Å²) in [7, 11) is 0. The Bertz CT molecular complexity index is 829. The van der Waals surface area contributed by atoms with E-state index < -0.39 is 23.6 Å². The van der Waals surface area contributed by atoms with Gasteiger partial charge >= 0.3 is 5.97 Å². The number of hydrogen-bond donors (Lipinski definition) is 1. The van der Waals surface area contributed by atoms with Crippen LogP contribution in [0, 0.1) is 11.6 Å². The summed E-state index contributed by atoms with van der Waals surface area (Å²) in [5.74, 6) is -1.75. The van der Waals surface area contributed by atoms with Crippen molar-refractivity contribution < 1.29 is 23.0 Å². The molecule has 0 saturated heterocycles. The second-order valence-electron chi connectivity index (χ2n) is 5.84. The SMILES string of the molecule is CCOC(=O)COc1ccc(Cl)cc1[C@H]1NCCc2c1ccc(F)c2F. The summed E-state index contributed by atoms with van der Waals surface area (Å²) in [4.78, 5) is 11.6. The third-order valence-electron chi connectivity index (χ3n) is 4.20. The molecule has 3 rings (SSSR count). The number of benzene rings is 2.